The van der Waals surface area contributed by atoms with E-state index in [0.29, 0.717) is 6.42 Å². The molecular weight excluding hydrogens is 384 g/mol. The van der Waals surface area contributed by atoms with Crippen LogP contribution in [0.25, 0.3) is 0 Å². The molecule has 0 aromatic carbocycles. The third-order valence-electron chi connectivity index (χ3n) is 6.05. The monoisotopic (exact) mass is 434 g/mol. The van der Waals surface area contributed by atoms with Crippen LogP contribution in [-0.2, 0) is 10.1 Å². The average Bonchev–Trinajstić information content (AvgIpc) is 2.67. The molecule has 29 heavy (non-hydrogen) atoms. The molecule has 5 heteroatoms. The molecule has 0 aromatic rings. The van der Waals surface area contributed by atoms with Gasteiger partial charge in [-0.1, -0.05) is 116 Å². The normalized spacial score (nSPS) is 14.2. The van der Waals surface area contributed by atoms with Crippen molar-refractivity contribution in [2.75, 3.05) is 0 Å². The quantitative estimate of drug-likeness (QED) is 0.137. The summed E-state index contributed by atoms with van der Waals surface area (Å²) in [6.45, 7) is 3.83. The van der Waals surface area contributed by atoms with Crippen molar-refractivity contribution >= 4 is 10.1 Å². The molecule has 0 heterocycles. The minimum atomic E-state index is -3.86. The van der Waals surface area contributed by atoms with Crippen LogP contribution in [0.5, 0.6) is 0 Å². The molecule has 0 saturated carbocycles. The van der Waals surface area contributed by atoms with E-state index in [1.54, 1.807) is 6.92 Å². The molecule has 0 spiro atoms. The number of aliphatic hydroxyl groups is 1. The summed E-state index contributed by atoms with van der Waals surface area (Å²) < 4.78 is 30.8. The molecule has 0 aliphatic rings. The number of unbranched alkanes of at least 4 members (excludes halogenated alkanes) is 15. The Kier molecular flexibility index (Phi) is 19.7. The zero-order chi connectivity index (χ0) is 21.8. The Morgan fingerprint density at radius 2 is 0.897 bits per heavy atom. The Labute approximate surface area is 182 Å². The first-order chi connectivity index (χ1) is 13.9. The van der Waals surface area contributed by atoms with Gasteiger partial charge in [0.2, 0.25) is 0 Å². The van der Waals surface area contributed by atoms with E-state index >= 15 is 0 Å². The smallest absolute Gasteiger partial charge is 0.267 e. The standard InChI is InChI=1S/C24H50O4S/c1-3-4-5-6-7-8-9-10-11-15-18-21-24(25)22-19-16-13-12-14-17-20-23(2)29(26,27)28/h23-25H,3-22H2,1-2H3,(H,26,27,28). The molecule has 0 radical (unpaired) electrons. The number of aliphatic hydroxyl groups excluding tert-OH is 1. The predicted molar refractivity (Wildman–Crippen MR) is 125 cm³/mol. The van der Waals surface area contributed by atoms with Gasteiger partial charge in [0.15, 0.2) is 0 Å². The second-order valence-corrected chi connectivity index (χ2v) is 10.8. The summed E-state index contributed by atoms with van der Waals surface area (Å²) in [5.74, 6) is 0. The highest BCUT2D eigenvalue weighted by atomic mass is 32.2. The molecule has 0 fully saturated rings. The Bertz CT molecular complexity index is 436. The van der Waals surface area contributed by atoms with Crippen molar-refractivity contribution in [2.45, 2.75) is 154 Å². The molecule has 0 aliphatic carbocycles. The molecule has 2 unspecified atom stereocenters. The van der Waals surface area contributed by atoms with Crippen molar-refractivity contribution in [3.63, 3.8) is 0 Å². The zero-order valence-corrected chi connectivity index (χ0v) is 20.2. The van der Waals surface area contributed by atoms with Crippen molar-refractivity contribution in [3.05, 3.63) is 0 Å². The lowest BCUT2D eigenvalue weighted by Crippen LogP contribution is -2.16. The van der Waals surface area contributed by atoms with Gasteiger partial charge >= 0.3 is 0 Å². The first kappa shape index (κ1) is 28.9. The van der Waals surface area contributed by atoms with Crippen LogP contribution in [0.4, 0.5) is 0 Å². The lowest BCUT2D eigenvalue weighted by Gasteiger charge is -2.10. The van der Waals surface area contributed by atoms with Crippen LogP contribution in [0, 0.1) is 0 Å². The van der Waals surface area contributed by atoms with E-state index < -0.39 is 15.4 Å². The van der Waals surface area contributed by atoms with Gasteiger partial charge in [-0.25, -0.2) is 0 Å². The van der Waals surface area contributed by atoms with Gasteiger partial charge < -0.3 is 5.11 Å². The first-order valence-electron chi connectivity index (χ1n) is 12.5. The lowest BCUT2D eigenvalue weighted by molar-refractivity contribution is 0.147. The minimum Gasteiger partial charge on any atom is -0.393 e. The third-order valence-corrected chi connectivity index (χ3v) is 7.30. The molecule has 0 saturated heterocycles. The highest BCUT2D eigenvalue weighted by Crippen LogP contribution is 2.16. The van der Waals surface area contributed by atoms with Crippen molar-refractivity contribution in [1.29, 1.82) is 0 Å². The summed E-state index contributed by atoms with van der Waals surface area (Å²) in [6, 6.07) is 0. The molecule has 2 atom stereocenters. The van der Waals surface area contributed by atoms with Crippen LogP contribution >= 0.6 is 0 Å². The minimum absolute atomic E-state index is 0.135. The fourth-order valence-electron chi connectivity index (χ4n) is 3.86. The molecule has 0 amide bonds. The van der Waals surface area contributed by atoms with E-state index in [1.165, 1.54) is 64.2 Å². The van der Waals surface area contributed by atoms with Gasteiger partial charge in [0.25, 0.3) is 10.1 Å². The average molecular weight is 435 g/mol. The van der Waals surface area contributed by atoms with Crippen LogP contribution in [0.1, 0.15) is 142 Å². The van der Waals surface area contributed by atoms with E-state index in [9.17, 15) is 13.5 Å². The van der Waals surface area contributed by atoms with Gasteiger partial charge in [0, 0.05) is 0 Å². The van der Waals surface area contributed by atoms with E-state index in [4.69, 9.17) is 4.55 Å². The fraction of sp³-hybridized carbons (Fsp3) is 1.00. The highest BCUT2D eigenvalue weighted by molar-refractivity contribution is 7.86. The van der Waals surface area contributed by atoms with Crippen molar-refractivity contribution in [2.24, 2.45) is 0 Å². The van der Waals surface area contributed by atoms with E-state index in [2.05, 4.69) is 6.92 Å². The van der Waals surface area contributed by atoms with Crippen molar-refractivity contribution in [3.8, 4) is 0 Å². The summed E-state index contributed by atoms with van der Waals surface area (Å²) in [6.07, 6.45) is 23.4. The molecule has 2 N–H and O–H groups in total. The molecule has 0 rings (SSSR count). The van der Waals surface area contributed by atoms with Gasteiger partial charge in [-0.2, -0.15) is 8.42 Å². The van der Waals surface area contributed by atoms with E-state index in [0.717, 1.165) is 57.8 Å². The topological polar surface area (TPSA) is 74.6 Å². The predicted octanol–water partition coefficient (Wildman–Crippen LogP) is 7.45. The van der Waals surface area contributed by atoms with Crippen LogP contribution in [0.15, 0.2) is 0 Å². The van der Waals surface area contributed by atoms with Crippen LogP contribution in [0.2, 0.25) is 0 Å². The van der Waals surface area contributed by atoms with E-state index in [-0.39, 0.29) is 6.10 Å². The Hall–Kier alpha value is -0.130. The summed E-state index contributed by atoms with van der Waals surface area (Å²) in [7, 11) is -3.86. The lowest BCUT2D eigenvalue weighted by atomic mass is 10.0. The van der Waals surface area contributed by atoms with Crippen molar-refractivity contribution < 1.29 is 18.1 Å². The summed E-state index contributed by atoms with van der Waals surface area (Å²) >= 11 is 0. The SMILES string of the molecule is CCCCCCCCCCCCCC(O)CCCCCCCCC(C)S(=O)(=O)O. The number of hydrogen-bond acceptors (Lipinski definition) is 3. The fourth-order valence-corrected chi connectivity index (χ4v) is 4.32. The Morgan fingerprint density at radius 3 is 1.24 bits per heavy atom. The summed E-state index contributed by atoms with van der Waals surface area (Å²) in [4.78, 5) is 0. The van der Waals surface area contributed by atoms with Gasteiger partial charge in [-0.15, -0.1) is 0 Å². The van der Waals surface area contributed by atoms with E-state index in [1.807, 2.05) is 0 Å². The maximum Gasteiger partial charge on any atom is 0.267 e. The van der Waals surface area contributed by atoms with Gasteiger partial charge in [-0.3, -0.25) is 4.55 Å². The molecule has 0 aliphatic heterocycles. The maximum absolute atomic E-state index is 10.9. The van der Waals surface area contributed by atoms with Crippen molar-refractivity contribution in [1.82, 2.24) is 0 Å². The maximum atomic E-state index is 10.9. The van der Waals surface area contributed by atoms with Crippen LogP contribution < -0.4 is 0 Å². The largest absolute Gasteiger partial charge is 0.393 e. The molecule has 176 valence electrons. The van der Waals surface area contributed by atoms with Gasteiger partial charge in [-0.05, 0) is 26.2 Å². The molecular formula is C24H50O4S. The summed E-state index contributed by atoms with van der Waals surface area (Å²) in [5.41, 5.74) is 0. The molecule has 4 nitrogen and oxygen atoms in total. The second-order valence-electron chi connectivity index (χ2n) is 9.00. The van der Waals surface area contributed by atoms with Gasteiger partial charge in [0.05, 0.1) is 11.4 Å². The number of rotatable bonds is 22. The zero-order valence-electron chi connectivity index (χ0n) is 19.4. The second kappa shape index (κ2) is 19.8. The first-order valence-corrected chi connectivity index (χ1v) is 14.0. The number of hydrogen-bond donors (Lipinski definition) is 2. The molecule has 0 aromatic heterocycles. The van der Waals surface area contributed by atoms with Crippen LogP contribution in [-0.4, -0.2) is 29.4 Å². The third kappa shape index (κ3) is 20.9. The highest BCUT2D eigenvalue weighted by Gasteiger charge is 2.15. The summed E-state index contributed by atoms with van der Waals surface area (Å²) in [5, 5.41) is 9.45. The Morgan fingerprint density at radius 1 is 0.586 bits per heavy atom. The van der Waals surface area contributed by atoms with Gasteiger partial charge in [0.1, 0.15) is 0 Å². The molecule has 0 bridgehead atoms. The Balaban J connectivity index is 3.27. The van der Waals surface area contributed by atoms with Crippen LogP contribution in [0.3, 0.4) is 0 Å².